The second kappa shape index (κ2) is 5.95. The molecule has 6 nitrogen and oxygen atoms in total. The number of hydrogen-bond donors (Lipinski definition) is 1. The number of nitrogens with one attached hydrogen (secondary N) is 1. The molecule has 112 valence electrons. The second-order valence-corrected chi connectivity index (χ2v) is 6.34. The Balaban J connectivity index is 1.74. The average molecular weight is 306 g/mol. The van der Waals surface area contributed by atoms with Crippen molar-refractivity contribution in [2.75, 3.05) is 20.3 Å². The minimum absolute atomic E-state index is 0.0312. The second-order valence-electron chi connectivity index (χ2n) is 5.28. The van der Waals surface area contributed by atoms with E-state index in [9.17, 15) is 4.79 Å². The number of carbonyl (C=O) groups excluding carboxylic acids is 1. The highest BCUT2D eigenvalue weighted by atomic mass is 32.1. The zero-order chi connectivity index (χ0) is 14.8. The van der Waals surface area contributed by atoms with Gasteiger partial charge in [0, 0.05) is 25.0 Å². The highest BCUT2D eigenvalue weighted by Crippen LogP contribution is 2.26. The number of amides is 1. The van der Waals surface area contributed by atoms with Gasteiger partial charge in [-0.15, -0.1) is 11.3 Å². The standard InChI is InChI=1S/C14H18N4O2S/c1-9-16-11(8-21-9)6-18(2)14(19)12-5-15-17-13(12)10-3-4-20-7-10/h5,8,10H,3-4,6-7H2,1-2H3,(H,15,17). The van der Waals surface area contributed by atoms with E-state index in [4.69, 9.17) is 4.74 Å². The zero-order valence-corrected chi connectivity index (χ0v) is 12.9. The number of H-pyrrole nitrogens is 1. The van der Waals surface area contributed by atoms with Crippen LogP contribution in [0.1, 0.15) is 39.1 Å². The Hall–Kier alpha value is -1.73. The number of aromatic amines is 1. The van der Waals surface area contributed by atoms with E-state index >= 15 is 0 Å². The van der Waals surface area contributed by atoms with Gasteiger partial charge in [-0.25, -0.2) is 4.98 Å². The summed E-state index contributed by atoms with van der Waals surface area (Å²) in [6, 6.07) is 0. The van der Waals surface area contributed by atoms with Crippen molar-refractivity contribution in [1.29, 1.82) is 0 Å². The van der Waals surface area contributed by atoms with Gasteiger partial charge in [-0.05, 0) is 13.3 Å². The van der Waals surface area contributed by atoms with Crippen LogP contribution in [0.3, 0.4) is 0 Å². The van der Waals surface area contributed by atoms with Crippen LogP contribution in [0.25, 0.3) is 0 Å². The molecular weight excluding hydrogens is 288 g/mol. The predicted molar refractivity (Wildman–Crippen MR) is 79.4 cm³/mol. The lowest BCUT2D eigenvalue weighted by Crippen LogP contribution is -2.27. The predicted octanol–water partition coefficient (Wildman–Crippen LogP) is 1.95. The van der Waals surface area contributed by atoms with E-state index in [1.165, 1.54) is 0 Å². The topological polar surface area (TPSA) is 71.1 Å². The van der Waals surface area contributed by atoms with Crippen LogP contribution in [-0.2, 0) is 11.3 Å². The Morgan fingerprint density at radius 1 is 1.62 bits per heavy atom. The molecule has 3 rings (SSSR count). The van der Waals surface area contributed by atoms with E-state index < -0.39 is 0 Å². The molecule has 0 spiro atoms. The van der Waals surface area contributed by atoms with Gasteiger partial charge >= 0.3 is 0 Å². The van der Waals surface area contributed by atoms with Crippen LogP contribution in [-0.4, -0.2) is 46.2 Å². The molecular formula is C14H18N4O2S. The molecule has 1 N–H and O–H groups in total. The van der Waals surface area contributed by atoms with Crippen molar-refractivity contribution in [3.63, 3.8) is 0 Å². The van der Waals surface area contributed by atoms with Gasteiger partial charge in [0.05, 0.1) is 41.3 Å². The summed E-state index contributed by atoms with van der Waals surface area (Å²) in [6.45, 7) is 3.86. The number of aromatic nitrogens is 3. The maximum absolute atomic E-state index is 12.6. The Morgan fingerprint density at radius 2 is 2.48 bits per heavy atom. The van der Waals surface area contributed by atoms with Crippen LogP contribution in [0.15, 0.2) is 11.6 Å². The van der Waals surface area contributed by atoms with Gasteiger partial charge < -0.3 is 9.64 Å². The summed E-state index contributed by atoms with van der Waals surface area (Å²) in [4.78, 5) is 18.7. The molecule has 2 aromatic heterocycles. The van der Waals surface area contributed by atoms with Crippen LogP contribution >= 0.6 is 11.3 Å². The van der Waals surface area contributed by atoms with Crippen molar-refractivity contribution in [2.45, 2.75) is 25.8 Å². The van der Waals surface area contributed by atoms with Gasteiger partial charge in [-0.3, -0.25) is 9.89 Å². The van der Waals surface area contributed by atoms with E-state index in [1.54, 1.807) is 29.5 Å². The molecule has 1 atom stereocenters. The molecule has 2 aromatic rings. The summed E-state index contributed by atoms with van der Waals surface area (Å²) in [5.41, 5.74) is 2.45. The summed E-state index contributed by atoms with van der Waals surface area (Å²) in [5.74, 6) is 0.206. The lowest BCUT2D eigenvalue weighted by molar-refractivity contribution is 0.0782. The van der Waals surface area contributed by atoms with Crippen LogP contribution < -0.4 is 0 Å². The normalized spacial score (nSPS) is 18.1. The molecule has 0 saturated carbocycles. The molecule has 0 aliphatic carbocycles. The monoisotopic (exact) mass is 306 g/mol. The SMILES string of the molecule is Cc1nc(CN(C)C(=O)c2cn[nH]c2C2CCOC2)cs1. The van der Waals surface area contributed by atoms with Gasteiger partial charge in [0.1, 0.15) is 0 Å². The molecule has 1 amide bonds. The summed E-state index contributed by atoms with van der Waals surface area (Å²) in [6.07, 6.45) is 2.54. The first-order chi connectivity index (χ1) is 10.1. The summed E-state index contributed by atoms with van der Waals surface area (Å²) >= 11 is 1.60. The zero-order valence-electron chi connectivity index (χ0n) is 12.1. The average Bonchev–Trinajstić information content (AvgIpc) is 3.18. The molecule has 1 aliphatic rings. The van der Waals surface area contributed by atoms with Crippen molar-refractivity contribution in [3.05, 3.63) is 33.5 Å². The number of thiazole rings is 1. The molecule has 0 radical (unpaired) electrons. The van der Waals surface area contributed by atoms with Gasteiger partial charge in [0.25, 0.3) is 5.91 Å². The highest BCUT2D eigenvalue weighted by Gasteiger charge is 2.26. The number of nitrogens with zero attached hydrogens (tertiary/aromatic N) is 3. The molecule has 1 saturated heterocycles. The molecule has 21 heavy (non-hydrogen) atoms. The number of hydrogen-bond acceptors (Lipinski definition) is 5. The largest absolute Gasteiger partial charge is 0.381 e. The molecule has 7 heteroatoms. The van der Waals surface area contributed by atoms with Crippen molar-refractivity contribution >= 4 is 17.2 Å². The smallest absolute Gasteiger partial charge is 0.257 e. The first kappa shape index (κ1) is 14.2. The Bertz CT molecular complexity index is 630. The fourth-order valence-electron chi connectivity index (χ4n) is 2.54. The van der Waals surface area contributed by atoms with Crippen molar-refractivity contribution in [2.24, 2.45) is 0 Å². The molecule has 0 aromatic carbocycles. The van der Waals surface area contributed by atoms with Crippen LogP contribution in [0.5, 0.6) is 0 Å². The first-order valence-corrected chi connectivity index (χ1v) is 7.80. The van der Waals surface area contributed by atoms with E-state index in [0.717, 1.165) is 29.4 Å². The number of rotatable bonds is 4. The maximum Gasteiger partial charge on any atom is 0.257 e. The van der Waals surface area contributed by atoms with Crippen LogP contribution in [0, 0.1) is 6.92 Å². The summed E-state index contributed by atoms with van der Waals surface area (Å²) < 4.78 is 5.39. The lowest BCUT2D eigenvalue weighted by atomic mass is 10.0. The van der Waals surface area contributed by atoms with Crippen molar-refractivity contribution < 1.29 is 9.53 Å². The number of aryl methyl sites for hydroxylation is 1. The Kier molecular flexibility index (Phi) is 4.03. The number of ether oxygens (including phenoxy) is 1. The van der Waals surface area contributed by atoms with Crippen molar-refractivity contribution in [3.8, 4) is 0 Å². The van der Waals surface area contributed by atoms with Gasteiger partial charge in [-0.1, -0.05) is 0 Å². The third-order valence-electron chi connectivity index (χ3n) is 3.65. The van der Waals surface area contributed by atoms with E-state index in [2.05, 4.69) is 15.2 Å². The van der Waals surface area contributed by atoms with Gasteiger partial charge in [-0.2, -0.15) is 5.10 Å². The maximum atomic E-state index is 12.6. The van der Waals surface area contributed by atoms with Gasteiger partial charge in [0.15, 0.2) is 0 Å². The minimum atomic E-state index is -0.0312. The lowest BCUT2D eigenvalue weighted by Gasteiger charge is -2.17. The minimum Gasteiger partial charge on any atom is -0.381 e. The molecule has 1 unspecified atom stereocenters. The fraction of sp³-hybridized carbons (Fsp3) is 0.500. The number of carbonyl (C=O) groups is 1. The third kappa shape index (κ3) is 2.98. The fourth-order valence-corrected chi connectivity index (χ4v) is 3.15. The summed E-state index contributed by atoms with van der Waals surface area (Å²) in [5, 5.41) is 10.00. The van der Waals surface area contributed by atoms with E-state index in [0.29, 0.717) is 18.7 Å². The molecule has 0 bridgehead atoms. The Morgan fingerprint density at radius 3 is 3.14 bits per heavy atom. The molecule has 1 fully saturated rings. The van der Waals surface area contributed by atoms with Crippen LogP contribution in [0.2, 0.25) is 0 Å². The summed E-state index contributed by atoms with van der Waals surface area (Å²) in [7, 11) is 1.79. The van der Waals surface area contributed by atoms with E-state index in [-0.39, 0.29) is 11.8 Å². The highest BCUT2D eigenvalue weighted by molar-refractivity contribution is 7.09. The quantitative estimate of drug-likeness (QED) is 0.937. The first-order valence-electron chi connectivity index (χ1n) is 6.92. The van der Waals surface area contributed by atoms with Crippen molar-refractivity contribution in [1.82, 2.24) is 20.1 Å². The molecule has 1 aliphatic heterocycles. The van der Waals surface area contributed by atoms with Gasteiger partial charge in [0.2, 0.25) is 0 Å². The molecule has 3 heterocycles. The van der Waals surface area contributed by atoms with Crippen LogP contribution in [0.4, 0.5) is 0 Å². The Labute approximate surface area is 127 Å². The van der Waals surface area contributed by atoms with E-state index in [1.807, 2.05) is 12.3 Å². The third-order valence-corrected chi connectivity index (χ3v) is 4.47.